The molecular formula is C19H21NO3. The lowest BCUT2D eigenvalue weighted by atomic mass is 10.2. The Labute approximate surface area is 136 Å². The SMILES string of the molecule is COc1cc(C)ccc1OCCCOc1ccc2[nH]ccc2c1. The Kier molecular flexibility index (Phi) is 4.71. The number of fused-ring (bicyclic) bond motifs is 1. The van der Waals surface area contributed by atoms with Gasteiger partial charge in [0.15, 0.2) is 11.5 Å². The predicted octanol–water partition coefficient (Wildman–Crippen LogP) is 4.33. The fourth-order valence-corrected chi connectivity index (χ4v) is 2.45. The summed E-state index contributed by atoms with van der Waals surface area (Å²) in [5.41, 5.74) is 2.27. The van der Waals surface area contributed by atoms with Gasteiger partial charge in [-0.25, -0.2) is 0 Å². The summed E-state index contributed by atoms with van der Waals surface area (Å²) in [7, 11) is 1.65. The highest BCUT2D eigenvalue weighted by molar-refractivity contribution is 5.80. The van der Waals surface area contributed by atoms with E-state index in [2.05, 4.69) is 4.98 Å². The largest absolute Gasteiger partial charge is 0.493 e. The molecule has 0 unspecified atom stereocenters. The van der Waals surface area contributed by atoms with Crippen molar-refractivity contribution in [1.29, 1.82) is 0 Å². The smallest absolute Gasteiger partial charge is 0.161 e. The van der Waals surface area contributed by atoms with Gasteiger partial charge in [-0.3, -0.25) is 0 Å². The number of methoxy groups -OCH3 is 1. The highest BCUT2D eigenvalue weighted by Crippen LogP contribution is 2.27. The highest BCUT2D eigenvalue weighted by Gasteiger charge is 2.04. The summed E-state index contributed by atoms with van der Waals surface area (Å²) in [4.78, 5) is 3.17. The first-order chi connectivity index (χ1) is 11.3. The second kappa shape index (κ2) is 7.09. The first-order valence-electron chi connectivity index (χ1n) is 7.73. The molecule has 1 N–H and O–H groups in total. The molecule has 1 aromatic heterocycles. The van der Waals surface area contributed by atoms with Crippen molar-refractivity contribution >= 4 is 10.9 Å². The van der Waals surface area contributed by atoms with E-state index in [1.165, 1.54) is 0 Å². The molecule has 3 aromatic rings. The molecule has 0 aliphatic heterocycles. The van der Waals surface area contributed by atoms with Gasteiger partial charge in [0, 0.05) is 23.5 Å². The third-order valence-electron chi connectivity index (χ3n) is 3.66. The zero-order valence-electron chi connectivity index (χ0n) is 13.5. The average Bonchev–Trinajstić information content (AvgIpc) is 3.03. The number of rotatable bonds is 7. The number of hydrogen-bond acceptors (Lipinski definition) is 3. The number of H-pyrrole nitrogens is 1. The number of ether oxygens (including phenoxy) is 3. The maximum absolute atomic E-state index is 5.77. The average molecular weight is 311 g/mol. The summed E-state index contributed by atoms with van der Waals surface area (Å²) in [6, 6.07) is 14.0. The normalized spacial score (nSPS) is 10.7. The molecule has 1 heterocycles. The van der Waals surface area contributed by atoms with E-state index in [0.29, 0.717) is 13.2 Å². The molecule has 0 saturated heterocycles. The van der Waals surface area contributed by atoms with Crippen LogP contribution >= 0.6 is 0 Å². The van der Waals surface area contributed by atoms with Crippen molar-refractivity contribution in [1.82, 2.24) is 4.98 Å². The van der Waals surface area contributed by atoms with Crippen LogP contribution in [0.15, 0.2) is 48.7 Å². The molecule has 0 fully saturated rings. The van der Waals surface area contributed by atoms with Crippen LogP contribution in [0, 0.1) is 6.92 Å². The molecule has 2 aromatic carbocycles. The lowest BCUT2D eigenvalue weighted by Crippen LogP contribution is -2.05. The van der Waals surface area contributed by atoms with E-state index in [4.69, 9.17) is 14.2 Å². The molecular weight excluding hydrogens is 290 g/mol. The Balaban J connectivity index is 1.46. The van der Waals surface area contributed by atoms with Crippen LogP contribution in [0.25, 0.3) is 10.9 Å². The van der Waals surface area contributed by atoms with Gasteiger partial charge in [0.1, 0.15) is 5.75 Å². The first kappa shape index (κ1) is 15.3. The maximum Gasteiger partial charge on any atom is 0.161 e. The number of aryl methyl sites for hydroxylation is 1. The minimum Gasteiger partial charge on any atom is -0.493 e. The molecule has 0 aliphatic rings. The second-order valence-corrected chi connectivity index (χ2v) is 5.43. The van der Waals surface area contributed by atoms with Crippen LogP contribution in [-0.4, -0.2) is 25.3 Å². The lowest BCUT2D eigenvalue weighted by molar-refractivity contribution is 0.240. The van der Waals surface area contributed by atoms with Gasteiger partial charge >= 0.3 is 0 Å². The quantitative estimate of drug-likeness (QED) is 0.660. The lowest BCUT2D eigenvalue weighted by Gasteiger charge is -2.11. The van der Waals surface area contributed by atoms with Gasteiger partial charge in [-0.05, 0) is 48.9 Å². The summed E-state index contributed by atoms with van der Waals surface area (Å²) in [6.45, 7) is 3.23. The number of hydrogen-bond donors (Lipinski definition) is 1. The molecule has 0 atom stereocenters. The van der Waals surface area contributed by atoms with Crippen molar-refractivity contribution in [2.45, 2.75) is 13.3 Å². The minimum atomic E-state index is 0.589. The van der Waals surface area contributed by atoms with Crippen molar-refractivity contribution in [2.75, 3.05) is 20.3 Å². The van der Waals surface area contributed by atoms with Crippen LogP contribution in [0.1, 0.15) is 12.0 Å². The summed E-state index contributed by atoms with van der Waals surface area (Å²) < 4.78 is 16.9. The monoisotopic (exact) mass is 311 g/mol. The molecule has 0 aliphatic carbocycles. The zero-order chi connectivity index (χ0) is 16.1. The Morgan fingerprint density at radius 1 is 0.913 bits per heavy atom. The number of nitrogens with one attached hydrogen (secondary N) is 1. The Morgan fingerprint density at radius 2 is 1.78 bits per heavy atom. The summed E-state index contributed by atoms with van der Waals surface area (Å²) in [5, 5.41) is 1.16. The Morgan fingerprint density at radius 3 is 2.65 bits per heavy atom. The van der Waals surface area contributed by atoms with Crippen molar-refractivity contribution in [2.24, 2.45) is 0 Å². The standard InChI is InChI=1S/C19H21NO3/c1-14-4-7-18(19(12-14)21-2)23-11-3-10-22-16-5-6-17-15(13-16)8-9-20-17/h4-9,12-13,20H,3,10-11H2,1-2H3. The molecule has 4 heteroatoms. The van der Waals surface area contributed by atoms with Crippen molar-refractivity contribution in [3.63, 3.8) is 0 Å². The highest BCUT2D eigenvalue weighted by atomic mass is 16.5. The molecule has 0 radical (unpaired) electrons. The molecule has 120 valence electrons. The van der Waals surface area contributed by atoms with Crippen LogP contribution in [0.2, 0.25) is 0 Å². The van der Waals surface area contributed by atoms with Crippen LogP contribution in [0.4, 0.5) is 0 Å². The van der Waals surface area contributed by atoms with E-state index in [1.807, 2.05) is 55.6 Å². The van der Waals surface area contributed by atoms with Crippen LogP contribution in [0.5, 0.6) is 17.2 Å². The molecule has 23 heavy (non-hydrogen) atoms. The van der Waals surface area contributed by atoms with Gasteiger partial charge in [-0.15, -0.1) is 0 Å². The molecule has 0 saturated carbocycles. The van der Waals surface area contributed by atoms with Crippen LogP contribution in [0.3, 0.4) is 0 Å². The van der Waals surface area contributed by atoms with Crippen molar-refractivity contribution < 1.29 is 14.2 Å². The fraction of sp³-hybridized carbons (Fsp3) is 0.263. The first-order valence-corrected chi connectivity index (χ1v) is 7.73. The maximum atomic E-state index is 5.77. The Bertz CT molecular complexity index is 779. The minimum absolute atomic E-state index is 0.589. The fourth-order valence-electron chi connectivity index (χ4n) is 2.45. The topological polar surface area (TPSA) is 43.5 Å². The van der Waals surface area contributed by atoms with E-state index in [9.17, 15) is 0 Å². The summed E-state index contributed by atoms with van der Waals surface area (Å²) >= 11 is 0. The van der Waals surface area contributed by atoms with Crippen LogP contribution < -0.4 is 14.2 Å². The number of aromatic nitrogens is 1. The molecule has 4 nitrogen and oxygen atoms in total. The van der Waals surface area contributed by atoms with E-state index >= 15 is 0 Å². The second-order valence-electron chi connectivity index (χ2n) is 5.43. The zero-order valence-corrected chi connectivity index (χ0v) is 13.5. The van der Waals surface area contributed by atoms with Gasteiger partial charge in [0.05, 0.1) is 20.3 Å². The van der Waals surface area contributed by atoms with Gasteiger partial charge in [-0.2, -0.15) is 0 Å². The van der Waals surface area contributed by atoms with E-state index in [1.54, 1.807) is 7.11 Å². The summed E-state index contributed by atoms with van der Waals surface area (Å²) in [6.07, 6.45) is 2.74. The van der Waals surface area contributed by atoms with Crippen molar-refractivity contribution in [3.8, 4) is 17.2 Å². The van der Waals surface area contributed by atoms with E-state index in [-0.39, 0.29) is 0 Å². The number of benzene rings is 2. The van der Waals surface area contributed by atoms with E-state index < -0.39 is 0 Å². The molecule has 0 amide bonds. The van der Waals surface area contributed by atoms with Gasteiger partial charge < -0.3 is 19.2 Å². The third kappa shape index (κ3) is 3.77. The third-order valence-corrected chi connectivity index (χ3v) is 3.66. The predicted molar refractivity (Wildman–Crippen MR) is 91.6 cm³/mol. The van der Waals surface area contributed by atoms with Gasteiger partial charge in [-0.1, -0.05) is 6.07 Å². The molecule has 0 bridgehead atoms. The van der Waals surface area contributed by atoms with Gasteiger partial charge in [0.25, 0.3) is 0 Å². The number of aromatic amines is 1. The van der Waals surface area contributed by atoms with Crippen LogP contribution in [-0.2, 0) is 0 Å². The van der Waals surface area contributed by atoms with Gasteiger partial charge in [0.2, 0.25) is 0 Å². The van der Waals surface area contributed by atoms with Crippen molar-refractivity contribution in [3.05, 3.63) is 54.2 Å². The summed E-state index contributed by atoms with van der Waals surface area (Å²) in [5.74, 6) is 2.42. The Hall–Kier alpha value is -2.62. The van der Waals surface area contributed by atoms with E-state index in [0.717, 1.165) is 40.1 Å². The molecule has 0 spiro atoms. The molecule has 3 rings (SSSR count).